The van der Waals surface area contributed by atoms with Crippen molar-refractivity contribution in [3.05, 3.63) is 99.1 Å². The highest BCUT2D eigenvalue weighted by molar-refractivity contribution is 8.03. The number of allylic oxidation sites excluding steroid dienone is 2. The van der Waals surface area contributed by atoms with E-state index >= 15 is 0 Å². The van der Waals surface area contributed by atoms with Crippen LogP contribution < -0.4 is 20.7 Å². The second kappa shape index (κ2) is 11.9. The topological polar surface area (TPSA) is 116 Å². The molecule has 3 N–H and O–H groups in total. The van der Waals surface area contributed by atoms with Crippen molar-refractivity contribution in [2.24, 2.45) is 0 Å². The molecule has 0 aliphatic carbocycles. The van der Waals surface area contributed by atoms with Crippen molar-refractivity contribution < 1.29 is 18.7 Å². The van der Waals surface area contributed by atoms with E-state index in [0.717, 1.165) is 0 Å². The lowest BCUT2D eigenvalue weighted by molar-refractivity contribution is -0.114. The minimum Gasteiger partial charge on any atom is -0.495 e. The number of halogens is 1. The average molecular weight is 549 g/mol. The van der Waals surface area contributed by atoms with E-state index in [4.69, 9.17) is 20.8 Å². The van der Waals surface area contributed by atoms with Crippen LogP contribution in [0.4, 0.5) is 11.4 Å². The Balaban J connectivity index is 1.62. The molecule has 1 aliphatic heterocycles. The molecule has 1 aromatic heterocycles. The van der Waals surface area contributed by atoms with E-state index in [9.17, 15) is 14.9 Å². The van der Waals surface area contributed by atoms with Crippen LogP contribution in [0.5, 0.6) is 5.75 Å². The maximum absolute atomic E-state index is 13.6. The van der Waals surface area contributed by atoms with Crippen molar-refractivity contribution in [3.8, 4) is 11.8 Å². The summed E-state index contributed by atoms with van der Waals surface area (Å²) in [6, 6.07) is 19.7. The third-order valence-electron chi connectivity index (χ3n) is 5.75. The van der Waals surface area contributed by atoms with Crippen molar-refractivity contribution in [1.82, 2.24) is 5.32 Å². The van der Waals surface area contributed by atoms with Crippen LogP contribution in [0.1, 0.15) is 24.4 Å². The maximum atomic E-state index is 13.6. The van der Waals surface area contributed by atoms with Gasteiger partial charge in [-0.25, -0.2) is 0 Å². The third-order valence-corrected chi connectivity index (χ3v) is 7.00. The first-order valence-electron chi connectivity index (χ1n) is 11.6. The van der Waals surface area contributed by atoms with Crippen molar-refractivity contribution in [2.75, 3.05) is 23.5 Å². The van der Waals surface area contributed by atoms with E-state index in [2.05, 4.69) is 22.0 Å². The molecule has 0 fully saturated rings. The number of nitrogens with zero attached hydrogens (tertiary/aromatic N) is 1. The van der Waals surface area contributed by atoms with Gasteiger partial charge in [0.15, 0.2) is 0 Å². The summed E-state index contributed by atoms with van der Waals surface area (Å²) in [5.41, 5.74) is 2.21. The minimum atomic E-state index is -0.775. The smallest absolute Gasteiger partial charge is 0.254 e. The number of nitrogens with one attached hydrogen (secondary N) is 3. The minimum absolute atomic E-state index is 0.0277. The predicted octanol–water partition coefficient (Wildman–Crippen LogP) is 5.96. The van der Waals surface area contributed by atoms with E-state index in [1.807, 2.05) is 0 Å². The first kappa shape index (κ1) is 26.9. The molecular weight excluding hydrogens is 524 g/mol. The lowest BCUT2D eigenvalue weighted by Crippen LogP contribution is -2.31. The van der Waals surface area contributed by atoms with Gasteiger partial charge in [-0.2, -0.15) is 5.26 Å². The van der Waals surface area contributed by atoms with Crippen LogP contribution in [0.3, 0.4) is 0 Å². The van der Waals surface area contributed by atoms with Crippen LogP contribution >= 0.6 is 23.4 Å². The summed E-state index contributed by atoms with van der Waals surface area (Å²) < 4.78 is 11.3. The van der Waals surface area contributed by atoms with Crippen molar-refractivity contribution in [2.45, 2.75) is 19.8 Å². The number of dihydropyridines is 1. The van der Waals surface area contributed by atoms with Gasteiger partial charge in [-0.3, -0.25) is 9.59 Å². The number of amides is 2. The fourth-order valence-electron chi connectivity index (χ4n) is 4.06. The molecule has 2 aromatic carbocycles. The van der Waals surface area contributed by atoms with Gasteiger partial charge >= 0.3 is 0 Å². The van der Waals surface area contributed by atoms with Gasteiger partial charge in [0.05, 0.1) is 46.7 Å². The number of carbonyl (C=O) groups is 2. The number of anilines is 2. The molecule has 0 radical (unpaired) electrons. The molecule has 8 nitrogen and oxygen atoms in total. The number of carbonyl (C=O) groups excluding carboxylic acids is 2. The lowest BCUT2D eigenvalue weighted by Gasteiger charge is -2.28. The molecule has 3 aromatic rings. The molecule has 4 rings (SSSR count). The summed E-state index contributed by atoms with van der Waals surface area (Å²) in [5.74, 6) is 0.179. The first-order chi connectivity index (χ1) is 18.3. The number of methoxy groups -OCH3 is 1. The van der Waals surface area contributed by atoms with Crippen LogP contribution in [0, 0.1) is 18.3 Å². The summed E-state index contributed by atoms with van der Waals surface area (Å²) in [4.78, 5) is 26.2. The van der Waals surface area contributed by atoms with Crippen molar-refractivity contribution >= 4 is 46.6 Å². The Hall–Kier alpha value is -4.13. The predicted molar refractivity (Wildman–Crippen MR) is 149 cm³/mol. The molecule has 0 saturated carbocycles. The highest BCUT2D eigenvalue weighted by Gasteiger charge is 2.37. The molecule has 194 valence electrons. The zero-order chi connectivity index (χ0) is 27.2. The normalized spacial score (nSPS) is 15.0. The average Bonchev–Trinajstić information content (AvgIpc) is 3.33. The molecule has 0 saturated heterocycles. The number of furan rings is 1. The summed E-state index contributed by atoms with van der Waals surface area (Å²) in [5, 5.41) is 20.0. The van der Waals surface area contributed by atoms with Gasteiger partial charge < -0.3 is 25.1 Å². The van der Waals surface area contributed by atoms with Crippen LogP contribution in [-0.2, 0) is 9.59 Å². The number of ether oxygens (including phenoxy) is 1. The molecule has 0 bridgehead atoms. The molecule has 10 heteroatoms. The zero-order valence-electron chi connectivity index (χ0n) is 20.9. The Bertz CT molecular complexity index is 1490. The zero-order valence-corrected chi connectivity index (χ0v) is 22.5. The van der Waals surface area contributed by atoms with Crippen LogP contribution in [0.15, 0.2) is 87.0 Å². The molecule has 38 heavy (non-hydrogen) atoms. The Morgan fingerprint density at radius 3 is 2.61 bits per heavy atom. The summed E-state index contributed by atoms with van der Waals surface area (Å²) in [6.07, 6.45) is 0. The standard InChI is InChI=1S/C28H25ClN4O4S/c1-16-11-12-23(37-16)26-20(14-30)28(38-15-24(34)32-19-8-6-7-18(29)13-19)31-17(2)25(26)27(35)33-21-9-4-5-10-22(21)36-3/h4-13,26,31H,15H2,1-3H3,(H,32,34)(H,33,35). The first-order valence-corrected chi connectivity index (χ1v) is 13.0. The van der Waals surface area contributed by atoms with Gasteiger partial charge in [0.25, 0.3) is 5.91 Å². The van der Waals surface area contributed by atoms with E-state index in [0.29, 0.717) is 50.0 Å². The highest BCUT2D eigenvalue weighted by Crippen LogP contribution is 2.42. The van der Waals surface area contributed by atoms with Crippen LogP contribution in [-0.4, -0.2) is 24.7 Å². The van der Waals surface area contributed by atoms with Gasteiger partial charge in [-0.1, -0.05) is 41.6 Å². The Kier molecular flexibility index (Phi) is 8.46. The van der Waals surface area contributed by atoms with Crippen LogP contribution in [0.2, 0.25) is 5.02 Å². The second-order valence-corrected chi connectivity index (χ2v) is 9.82. The van der Waals surface area contributed by atoms with Gasteiger partial charge in [0, 0.05) is 16.4 Å². The Morgan fingerprint density at radius 1 is 1.13 bits per heavy atom. The van der Waals surface area contributed by atoms with Gasteiger partial charge in [-0.15, -0.1) is 0 Å². The number of para-hydroxylation sites is 2. The molecule has 1 aliphatic rings. The number of nitriles is 1. The molecule has 1 unspecified atom stereocenters. The SMILES string of the molecule is COc1ccccc1NC(=O)C1=C(C)NC(SCC(=O)Nc2cccc(Cl)c2)=C(C#N)C1c1ccc(C)o1. The number of aryl methyl sites for hydroxylation is 1. The summed E-state index contributed by atoms with van der Waals surface area (Å²) in [6.45, 7) is 3.54. The summed E-state index contributed by atoms with van der Waals surface area (Å²) in [7, 11) is 1.52. The monoisotopic (exact) mass is 548 g/mol. The Labute approximate surface area is 229 Å². The number of hydrogen-bond donors (Lipinski definition) is 3. The van der Waals surface area contributed by atoms with E-state index in [1.165, 1.54) is 18.9 Å². The van der Waals surface area contributed by atoms with E-state index in [1.54, 1.807) is 74.5 Å². The number of rotatable bonds is 8. The fourth-order valence-corrected chi connectivity index (χ4v) is 5.14. The quantitative estimate of drug-likeness (QED) is 0.318. The highest BCUT2D eigenvalue weighted by atomic mass is 35.5. The maximum Gasteiger partial charge on any atom is 0.254 e. The summed E-state index contributed by atoms with van der Waals surface area (Å²) >= 11 is 7.17. The van der Waals surface area contributed by atoms with Gasteiger partial charge in [0.2, 0.25) is 5.91 Å². The number of thioether (sulfide) groups is 1. The molecule has 2 amide bonds. The molecule has 2 heterocycles. The number of hydrogen-bond acceptors (Lipinski definition) is 7. The van der Waals surface area contributed by atoms with Gasteiger partial charge in [-0.05, 0) is 56.3 Å². The van der Waals surface area contributed by atoms with Crippen LogP contribution in [0.25, 0.3) is 0 Å². The second-order valence-electron chi connectivity index (χ2n) is 8.40. The van der Waals surface area contributed by atoms with E-state index in [-0.39, 0.29) is 17.2 Å². The van der Waals surface area contributed by atoms with Gasteiger partial charge in [0.1, 0.15) is 17.3 Å². The molecular formula is C28H25ClN4O4S. The van der Waals surface area contributed by atoms with Crippen molar-refractivity contribution in [1.29, 1.82) is 5.26 Å². The number of benzene rings is 2. The molecule has 0 spiro atoms. The fraction of sp³-hybridized carbons (Fsp3) is 0.179. The molecule has 1 atom stereocenters. The van der Waals surface area contributed by atoms with Crippen molar-refractivity contribution in [3.63, 3.8) is 0 Å². The Morgan fingerprint density at radius 2 is 1.92 bits per heavy atom. The third kappa shape index (κ3) is 6.05. The largest absolute Gasteiger partial charge is 0.495 e. The van der Waals surface area contributed by atoms with E-state index < -0.39 is 11.8 Å². The lowest BCUT2D eigenvalue weighted by atomic mass is 9.85.